The molecule has 0 amide bonds. The van der Waals surface area contributed by atoms with Gasteiger partial charge in [-0.1, -0.05) is 24.6 Å². The maximum Gasteiger partial charge on any atom is 0.138 e. The lowest BCUT2D eigenvalue weighted by Gasteiger charge is -2.08. The minimum absolute atomic E-state index is 0.545. The molecule has 1 rings (SSSR count). The smallest absolute Gasteiger partial charge is 0.138 e. The van der Waals surface area contributed by atoms with E-state index in [2.05, 4.69) is 6.92 Å². The SMILES string of the molecule is CCCOCCOc1cc(C)ccc1Cl. The third-order valence-electron chi connectivity index (χ3n) is 1.92. The second-order valence-corrected chi connectivity index (χ2v) is 3.80. The molecule has 0 saturated carbocycles. The Bertz CT molecular complexity index is 300. The molecule has 2 nitrogen and oxygen atoms in total. The monoisotopic (exact) mass is 228 g/mol. The molecule has 0 fully saturated rings. The van der Waals surface area contributed by atoms with E-state index >= 15 is 0 Å². The molecule has 15 heavy (non-hydrogen) atoms. The third kappa shape index (κ3) is 4.54. The summed E-state index contributed by atoms with van der Waals surface area (Å²) in [5, 5.41) is 0.649. The fraction of sp³-hybridized carbons (Fsp3) is 0.500. The summed E-state index contributed by atoms with van der Waals surface area (Å²) in [5.74, 6) is 0.733. The van der Waals surface area contributed by atoms with Crippen LogP contribution < -0.4 is 4.74 Å². The van der Waals surface area contributed by atoms with Gasteiger partial charge in [0.1, 0.15) is 12.4 Å². The molecular weight excluding hydrogens is 212 g/mol. The Morgan fingerprint density at radius 1 is 1.20 bits per heavy atom. The second-order valence-electron chi connectivity index (χ2n) is 3.39. The van der Waals surface area contributed by atoms with Crippen LogP contribution >= 0.6 is 11.6 Å². The van der Waals surface area contributed by atoms with Crippen molar-refractivity contribution in [3.63, 3.8) is 0 Å². The maximum absolute atomic E-state index is 5.97. The van der Waals surface area contributed by atoms with Crippen molar-refractivity contribution in [1.82, 2.24) is 0 Å². The number of hydrogen-bond donors (Lipinski definition) is 0. The molecule has 0 saturated heterocycles. The quantitative estimate of drug-likeness (QED) is 0.695. The van der Waals surface area contributed by atoms with E-state index in [0.29, 0.717) is 18.2 Å². The Balaban J connectivity index is 2.33. The predicted molar refractivity (Wildman–Crippen MR) is 62.8 cm³/mol. The second kappa shape index (κ2) is 6.70. The summed E-state index contributed by atoms with van der Waals surface area (Å²) in [6, 6.07) is 5.74. The van der Waals surface area contributed by atoms with Gasteiger partial charge in [0.25, 0.3) is 0 Å². The molecule has 0 bridgehead atoms. The van der Waals surface area contributed by atoms with E-state index in [-0.39, 0.29) is 0 Å². The normalized spacial score (nSPS) is 10.3. The number of benzene rings is 1. The molecule has 0 aliphatic carbocycles. The summed E-state index contributed by atoms with van der Waals surface area (Å²) in [7, 11) is 0. The van der Waals surface area contributed by atoms with Crippen molar-refractivity contribution in [3.8, 4) is 5.75 Å². The fourth-order valence-electron chi connectivity index (χ4n) is 1.18. The summed E-state index contributed by atoms with van der Waals surface area (Å²) < 4.78 is 10.8. The Morgan fingerprint density at radius 2 is 2.00 bits per heavy atom. The van der Waals surface area contributed by atoms with Gasteiger partial charge in [-0.05, 0) is 31.0 Å². The Labute approximate surface area is 96.2 Å². The largest absolute Gasteiger partial charge is 0.490 e. The van der Waals surface area contributed by atoms with E-state index in [1.807, 2.05) is 25.1 Å². The summed E-state index contributed by atoms with van der Waals surface area (Å²) in [4.78, 5) is 0. The molecule has 3 heteroatoms. The van der Waals surface area contributed by atoms with Crippen LogP contribution in [0.25, 0.3) is 0 Å². The van der Waals surface area contributed by atoms with Gasteiger partial charge in [0, 0.05) is 6.61 Å². The van der Waals surface area contributed by atoms with Crippen molar-refractivity contribution >= 4 is 11.6 Å². The van der Waals surface area contributed by atoms with Gasteiger partial charge < -0.3 is 9.47 Å². The zero-order valence-electron chi connectivity index (χ0n) is 9.25. The molecule has 0 spiro atoms. The molecule has 1 aromatic carbocycles. The first kappa shape index (κ1) is 12.3. The van der Waals surface area contributed by atoms with Gasteiger partial charge in [-0.15, -0.1) is 0 Å². The van der Waals surface area contributed by atoms with Crippen LogP contribution in [0.3, 0.4) is 0 Å². The van der Waals surface area contributed by atoms with Crippen molar-refractivity contribution in [2.24, 2.45) is 0 Å². The lowest BCUT2D eigenvalue weighted by atomic mass is 10.2. The van der Waals surface area contributed by atoms with Gasteiger partial charge in [-0.2, -0.15) is 0 Å². The van der Waals surface area contributed by atoms with Crippen LogP contribution in [0.1, 0.15) is 18.9 Å². The lowest BCUT2D eigenvalue weighted by Crippen LogP contribution is -2.07. The summed E-state index contributed by atoms with van der Waals surface area (Å²) in [6.07, 6.45) is 1.03. The molecule has 0 heterocycles. The van der Waals surface area contributed by atoms with Gasteiger partial charge in [0.2, 0.25) is 0 Å². The fourth-order valence-corrected chi connectivity index (χ4v) is 1.35. The first-order valence-electron chi connectivity index (χ1n) is 5.20. The molecule has 0 unspecified atom stereocenters. The van der Waals surface area contributed by atoms with E-state index in [0.717, 1.165) is 24.3 Å². The van der Waals surface area contributed by atoms with Crippen LogP contribution in [0.5, 0.6) is 5.75 Å². The highest BCUT2D eigenvalue weighted by atomic mass is 35.5. The third-order valence-corrected chi connectivity index (χ3v) is 2.23. The number of ether oxygens (including phenoxy) is 2. The maximum atomic E-state index is 5.97. The van der Waals surface area contributed by atoms with E-state index in [4.69, 9.17) is 21.1 Å². The molecular formula is C12H17ClO2. The average Bonchev–Trinajstić information content (AvgIpc) is 2.23. The molecule has 0 radical (unpaired) electrons. The Hall–Kier alpha value is -0.730. The van der Waals surface area contributed by atoms with Crippen molar-refractivity contribution in [2.75, 3.05) is 19.8 Å². The van der Waals surface area contributed by atoms with E-state index in [1.165, 1.54) is 0 Å². The van der Waals surface area contributed by atoms with Crippen LogP contribution in [0.2, 0.25) is 5.02 Å². The standard InChI is InChI=1S/C12H17ClO2/c1-3-6-14-7-8-15-12-9-10(2)4-5-11(12)13/h4-5,9H,3,6-8H2,1-2H3. The number of hydrogen-bond acceptors (Lipinski definition) is 2. The minimum atomic E-state index is 0.545. The zero-order chi connectivity index (χ0) is 11.1. The molecule has 0 aromatic heterocycles. The predicted octanol–water partition coefficient (Wildman–Crippen LogP) is 3.45. The van der Waals surface area contributed by atoms with Crippen molar-refractivity contribution < 1.29 is 9.47 Å². The molecule has 0 atom stereocenters. The summed E-state index contributed by atoms with van der Waals surface area (Å²) in [6.45, 7) is 6.03. The summed E-state index contributed by atoms with van der Waals surface area (Å²) in [5.41, 5.74) is 1.14. The van der Waals surface area contributed by atoms with Crippen LogP contribution in [-0.2, 0) is 4.74 Å². The van der Waals surface area contributed by atoms with E-state index in [1.54, 1.807) is 0 Å². The highest BCUT2D eigenvalue weighted by Crippen LogP contribution is 2.24. The Kier molecular flexibility index (Phi) is 5.51. The highest BCUT2D eigenvalue weighted by molar-refractivity contribution is 6.32. The minimum Gasteiger partial charge on any atom is -0.490 e. The lowest BCUT2D eigenvalue weighted by molar-refractivity contribution is 0.101. The van der Waals surface area contributed by atoms with Gasteiger partial charge in [-0.3, -0.25) is 0 Å². The molecule has 0 N–H and O–H groups in total. The number of aryl methyl sites for hydroxylation is 1. The van der Waals surface area contributed by atoms with Crippen molar-refractivity contribution in [3.05, 3.63) is 28.8 Å². The van der Waals surface area contributed by atoms with Crippen LogP contribution in [-0.4, -0.2) is 19.8 Å². The molecule has 1 aromatic rings. The number of rotatable bonds is 6. The van der Waals surface area contributed by atoms with Crippen LogP contribution in [0.15, 0.2) is 18.2 Å². The Morgan fingerprint density at radius 3 is 2.73 bits per heavy atom. The zero-order valence-corrected chi connectivity index (χ0v) is 10.0. The number of halogens is 1. The van der Waals surface area contributed by atoms with Crippen LogP contribution in [0.4, 0.5) is 0 Å². The van der Waals surface area contributed by atoms with Gasteiger partial charge in [0.15, 0.2) is 0 Å². The van der Waals surface area contributed by atoms with Gasteiger partial charge in [0.05, 0.1) is 11.6 Å². The topological polar surface area (TPSA) is 18.5 Å². The van der Waals surface area contributed by atoms with Crippen molar-refractivity contribution in [2.45, 2.75) is 20.3 Å². The molecule has 84 valence electrons. The first-order chi connectivity index (χ1) is 7.24. The molecule has 0 aliphatic heterocycles. The van der Waals surface area contributed by atoms with Crippen LogP contribution in [0, 0.1) is 6.92 Å². The summed E-state index contributed by atoms with van der Waals surface area (Å²) >= 11 is 5.97. The van der Waals surface area contributed by atoms with Gasteiger partial charge in [-0.25, -0.2) is 0 Å². The first-order valence-corrected chi connectivity index (χ1v) is 5.58. The van der Waals surface area contributed by atoms with Gasteiger partial charge >= 0.3 is 0 Å². The van der Waals surface area contributed by atoms with E-state index < -0.39 is 0 Å². The molecule has 0 aliphatic rings. The highest BCUT2D eigenvalue weighted by Gasteiger charge is 2.00. The average molecular weight is 229 g/mol. The van der Waals surface area contributed by atoms with E-state index in [9.17, 15) is 0 Å². The van der Waals surface area contributed by atoms with Crippen molar-refractivity contribution in [1.29, 1.82) is 0 Å².